The van der Waals surface area contributed by atoms with Crippen molar-refractivity contribution in [1.82, 2.24) is 0 Å². The molecule has 2 aromatic carbocycles. The van der Waals surface area contributed by atoms with E-state index < -0.39 is 23.6 Å². The van der Waals surface area contributed by atoms with E-state index >= 15 is 0 Å². The monoisotopic (exact) mass is 358 g/mol. The van der Waals surface area contributed by atoms with Crippen LogP contribution in [0.5, 0.6) is 11.5 Å². The van der Waals surface area contributed by atoms with Crippen LogP contribution in [-0.4, -0.2) is 11.9 Å². The molecule has 6 heteroatoms. The Kier molecular flexibility index (Phi) is 5.67. The maximum Gasteiger partial charge on any atom is 0.338 e. The largest absolute Gasteiger partial charge is 0.423 e. The first-order chi connectivity index (χ1) is 12.2. The van der Waals surface area contributed by atoms with E-state index in [4.69, 9.17) is 9.47 Å². The molecule has 0 fully saturated rings. The predicted molar refractivity (Wildman–Crippen MR) is 92.7 cm³/mol. The van der Waals surface area contributed by atoms with Gasteiger partial charge in [-0.15, -0.1) is 0 Å². The highest BCUT2D eigenvalue weighted by atomic mass is 19.1. The minimum absolute atomic E-state index is 0.106. The third-order valence-corrected chi connectivity index (χ3v) is 3.28. The van der Waals surface area contributed by atoms with Gasteiger partial charge < -0.3 is 9.47 Å². The zero-order valence-corrected chi connectivity index (χ0v) is 14.3. The summed E-state index contributed by atoms with van der Waals surface area (Å²) < 4.78 is 38.5. The summed E-state index contributed by atoms with van der Waals surface area (Å²) in [6.45, 7) is 9.79. The molecule has 0 saturated carbocycles. The van der Waals surface area contributed by atoms with Crippen molar-refractivity contribution in [2.24, 2.45) is 0 Å². The summed E-state index contributed by atoms with van der Waals surface area (Å²) in [6.07, 6.45) is 0. The third-order valence-electron chi connectivity index (χ3n) is 3.28. The van der Waals surface area contributed by atoms with Crippen molar-refractivity contribution in [3.8, 4) is 22.6 Å². The Balaban J connectivity index is 2.28. The Morgan fingerprint density at radius 1 is 0.808 bits per heavy atom. The third kappa shape index (κ3) is 4.42. The van der Waals surface area contributed by atoms with Crippen molar-refractivity contribution in [3.05, 3.63) is 72.3 Å². The summed E-state index contributed by atoms with van der Waals surface area (Å²) in [6, 6.07) is 7.45. The summed E-state index contributed by atoms with van der Waals surface area (Å²) in [5.41, 5.74) is 0.270. The number of hydrogen-bond donors (Lipinski definition) is 0. The molecule has 0 aliphatic carbocycles. The molecule has 2 aromatic rings. The van der Waals surface area contributed by atoms with E-state index in [-0.39, 0.29) is 33.8 Å². The quantitative estimate of drug-likeness (QED) is 0.445. The molecule has 0 bridgehead atoms. The standard InChI is InChI=1S/C20H16F2O4/c1-11(2)19(23)25-14-7-5-13(6-8-14)18-16(21)9-15(10-17(18)22)26-20(24)12(3)4/h5-10H,1,3H2,2,4H3. The highest BCUT2D eigenvalue weighted by Crippen LogP contribution is 2.31. The molecule has 0 saturated heterocycles. The second kappa shape index (κ2) is 7.74. The molecule has 0 aromatic heterocycles. The Hall–Kier alpha value is -3.28. The van der Waals surface area contributed by atoms with Crippen LogP contribution in [0.2, 0.25) is 0 Å². The molecule has 134 valence electrons. The molecule has 0 N–H and O–H groups in total. The second-order valence-electron chi connectivity index (χ2n) is 5.63. The molecule has 0 aliphatic heterocycles. The number of rotatable bonds is 5. The maximum atomic E-state index is 14.3. The van der Waals surface area contributed by atoms with Crippen LogP contribution in [0.4, 0.5) is 8.78 Å². The van der Waals surface area contributed by atoms with Gasteiger partial charge in [-0.3, -0.25) is 0 Å². The number of benzene rings is 2. The van der Waals surface area contributed by atoms with Gasteiger partial charge in [0.1, 0.15) is 23.1 Å². The van der Waals surface area contributed by atoms with E-state index in [1.165, 1.54) is 38.1 Å². The minimum atomic E-state index is -0.902. The van der Waals surface area contributed by atoms with Crippen molar-refractivity contribution in [1.29, 1.82) is 0 Å². The molecule has 0 aliphatic rings. The summed E-state index contributed by atoms with van der Waals surface area (Å²) in [5, 5.41) is 0. The summed E-state index contributed by atoms with van der Waals surface area (Å²) in [5.74, 6) is -3.22. The smallest absolute Gasteiger partial charge is 0.338 e. The number of ether oxygens (including phenoxy) is 2. The molecule has 0 spiro atoms. The minimum Gasteiger partial charge on any atom is -0.423 e. The lowest BCUT2D eigenvalue weighted by atomic mass is 10.0. The SMILES string of the molecule is C=C(C)C(=O)Oc1ccc(-c2c(F)cc(OC(=O)C(=C)C)cc2F)cc1. The van der Waals surface area contributed by atoms with Crippen LogP contribution in [0, 0.1) is 11.6 Å². The Morgan fingerprint density at radius 2 is 1.23 bits per heavy atom. The average molecular weight is 358 g/mol. The van der Waals surface area contributed by atoms with E-state index in [1.54, 1.807) is 0 Å². The van der Waals surface area contributed by atoms with Gasteiger partial charge in [0.2, 0.25) is 0 Å². The van der Waals surface area contributed by atoms with E-state index in [0.717, 1.165) is 12.1 Å². The van der Waals surface area contributed by atoms with Gasteiger partial charge in [-0.2, -0.15) is 0 Å². The summed E-state index contributed by atoms with van der Waals surface area (Å²) in [7, 11) is 0. The molecule has 2 rings (SSSR count). The van der Waals surface area contributed by atoms with Gasteiger partial charge in [0.25, 0.3) is 0 Å². The van der Waals surface area contributed by atoms with Gasteiger partial charge in [-0.1, -0.05) is 25.3 Å². The highest BCUT2D eigenvalue weighted by molar-refractivity contribution is 5.89. The van der Waals surface area contributed by atoms with Crippen molar-refractivity contribution in [2.45, 2.75) is 13.8 Å². The number of hydrogen-bond acceptors (Lipinski definition) is 4. The lowest BCUT2D eigenvalue weighted by Gasteiger charge is -2.10. The van der Waals surface area contributed by atoms with Crippen molar-refractivity contribution in [3.63, 3.8) is 0 Å². The number of halogens is 2. The molecule has 0 atom stereocenters. The Bertz CT molecular complexity index is 876. The maximum absolute atomic E-state index is 14.3. The fourth-order valence-corrected chi connectivity index (χ4v) is 1.96. The molecule has 4 nitrogen and oxygen atoms in total. The average Bonchev–Trinajstić information content (AvgIpc) is 2.55. The molecule has 0 unspecified atom stereocenters. The van der Waals surface area contributed by atoms with Crippen molar-refractivity contribution < 1.29 is 27.8 Å². The van der Waals surface area contributed by atoms with E-state index in [9.17, 15) is 18.4 Å². The fourth-order valence-electron chi connectivity index (χ4n) is 1.96. The molecular weight excluding hydrogens is 342 g/mol. The van der Waals surface area contributed by atoms with Crippen LogP contribution >= 0.6 is 0 Å². The zero-order chi connectivity index (χ0) is 19.4. The van der Waals surface area contributed by atoms with Gasteiger partial charge >= 0.3 is 11.9 Å². The summed E-state index contributed by atoms with van der Waals surface area (Å²) in [4.78, 5) is 22.9. The number of carbonyl (C=O) groups is 2. The normalized spacial score (nSPS) is 10.2. The van der Waals surface area contributed by atoms with E-state index in [1.807, 2.05) is 0 Å². The molecule has 0 heterocycles. The van der Waals surface area contributed by atoms with Gasteiger partial charge in [-0.25, -0.2) is 18.4 Å². The van der Waals surface area contributed by atoms with Crippen molar-refractivity contribution in [2.75, 3.05) is 0 Å². The summed E-state index contributed by atoms with van der Waals surface area (Å²) >= 11 is 0. The molecule has 0 radical (unpaired) electrons. The van der Waals surface area contributed by atoms with Gasteiger partial charge in [-0.05, 0) is 31.5 Å². The van der Waals surface area contributed by atoms with Gasteiger partial charge in [0, 0.05) is 23.3 Å². The number of esters is 2. The number of carbonyl (C=O) groups excluding carboxylic acids is 2. The van der Waals surface area contributed by atoms with Gasteiger partial charge in [0.05, 0.1) is 5.56 Å². The van der Waals surface area contributed by atoms with Crippen LogP contribution in [0.1, 0.15) is 13.8 Å². The molecular formula is C20H16F2O4. The Morgan fingerprint density at radius 3 is 1.65 bits per heavy atom. The first-order valence-corrected chi connectivity index (χ1v) is 7.54. The van der Waals surface area contributed by atoms with Crippen LogP contribution < -0.4 is 9.47 Å². The fraction of sp³-hybridized carbons (Fsp3) is 0.100. The molecule has 0 amide bonds. The first kappa shape index (κ1) is 19.1. The zero-order valence-electron chi connectivity index (χ0n) is 14.3. The van der Waals surface area contributed by atoms with Crippen LogP contribution in [-0.2, 0) is 9.59 Å². The lowest BCUT2D eigenvalue weighted by Crippen LogP contribution is -2.09. The Labute approximate surface area is 149 Å². The van der Waals surface area contributed by atoms with Crippen LogP contribution in [0.25, 0.3) is 11.1 Å². The first-order valence-electron chi connectivity index (χ1n) is 7.54. The van der Waals surface area contributed by atoms with Crippen LogP contribution in [0.3, 0.4) is 0 Å². The topological polar surface area (TPSA) is 52.6 Å². The van der Waals surface area contributed by atoms with Crippen LogP contribution in [0.15, 0.2) is 60.7 Å². The lowest BCUT2D eigenvalue weighted by molar-refractivity contribution is -0.130. The van der Waals surface area contributed by atoms with Gasteiger partial charge in [0.15, 0.2) is 0 Å². The highest BCUT2D eigenvalue weighted by Gasteiger charge is 2.16. The van der Waals surface area contributed by atoms with E-state index in [2.05, 4.69) is 13.2 Å². The molecule has 26 heavy (non-hydrogen) atoms. The predicted octanol–water partition coefficient (Wildman–Crippen LogP) is 4.59. The van der Waals surface area contributed by atoms with Crippen molar-refractivity contribution >= 4 is 11.9 Å². The van der Waals surface area contributed by atoms with E-state index in [0.29, 0.717) is 0 Å². The second-order valence-corrected chi connectivity index (χ2v) is 5.63.